The van der Waals surface area contributed by atoms with Crippen LogP contribution in [0.1, 0.15) is 18.9 Å². The van der Waals surface area contributed by atoms with E-state index in [0.29, 0.717) is 36.0 Å². The Balaban J connectivity index is 1.41. The van der Waals surface area contributed by atoms with Crippen LogP contribution in [-0.4, -0.2) is 61.7 Å². The summed E-state index contributed by atoms with van der Waals surface area (Å²) < 4.78 is 33.3. The third kappa shape index (κ3) is 4.60. The smallest absolute Gasteiger partial charge is 0.265 e. The molecule has 2 aliphatic rings. The largest absolute Gasteiger partial charge is 0.478 e. The summed E-state index contributed by atoms with van der Waals surface area (Å²) in [6.07, 6.45) is 0.183. The van der Waals surface area contributed by atoms with Gasteiger partial charge in [-0.15, -0.1) is 0 Å². The predicted molar refractivity (Wildman–Crippen MR) is 120 cm³/mol. The number of sulfonamides is 1. The Hall–Kier alpha value is -2.62. The normalized spacial score (nSPS) is 19.1. The van der Waals surface area contributed by atoms with Crippen LogP contribution in [-0.2, 0) is 26.0 Å². The molecule has 2 aliphatic heterocycles. The van der Waals surface area contributed by atoms with E-state index in [1.54, 1.807) is 23.1 Å². The summed E-state index contributed by atoms with van der Waals surface area (Å²) in [5, 5.41) is 3.33. The summed E-state index contributed by atoms with van der Waals surface area (Å²) in [5.74, 6) is 0.110. The van der Waals surface area contributed by atoms with E-state index in [0.717, 1.165) is 5.56 Å². The maximum atomic E-state index is 13.1. The number of carbonyl (C=O) groups excluding carboxylic acids is 2. The first kappa shape index (κ1) is 22.6. The molecule has 10 heteroatoms. The van der Waals surface area contributed by atoms with E-state index in [4.69, 9.17) is 16.3 Å². The molecule has 0 unspecified atom stereocenters. The molecule has 2 aromatic rings. The van der Waals surface area contributed by atoms with Crippen molar-refractivity contribution in [2.24, 2.45) is 0 Å². The molecular weight excluding hydrogens is 454 g/mol. The Morgan fingerprint density at radius 3 is 2.47 bits per heavy atom. The van der Waals surface area contributed by atoms with E-state index >= 15 is 0 Å². The molecule has 0 radical (unpaired) electrons. The van der Waals surface area contributed by atoms with Crippen LogP contribution in [0.15, 0.2) is 47.4 Å². The van der Waals surface area contributed by atoms with Crippen molar-refractivity contribution >= 4 is 39.1 Å². The molecule has 8 nitrogen and oxygen atoms in total. The van der Waals surface area contributed by atoms with Crippen molar-refractivity contribution in [1.82, 2.24) is 9.21 Å². The zero-order chi connectivity index (χ0) is 22.9. The van der Waals surface area contributed by atoms with Crippen molar-refractivity contribution in [3.05, 3.63) is 53.1 Å². The van der Waals surface area contributed by atoms with Crippen molar-refractivity contribution in [3.63, 3.8) is 0 Å². The molecule has 1 fully saturated rings. The molecule has 1 atom stereocenters. The third-order valence-corrected chi connectivity index (χ3v) is 7.79. The standard InChI is InChI=1S/C22H24ClN3O5S/c1-2-19-22(28)24-18-14-17(7-8-20(18)31-19)32(29,30)26-11-9-25(10-12-26)21(27)13-15-3-5-16(23)6-4-15/h3-8,14,19H,2,9-13H2,1H3,(H,24,28)/t19-/m0/s1. The number of fused-ring (bicyclic) bond motifs is 1. The summed E-state index contributed by atoms with van der Waals surface area (Å²) in [6.45, 7) is 2.87. The number of anilines is 1. The average molecular weight is 478 g/mol. The molecule has 32 heavy (non-hydrogen) atoms. The van der Waals surface area contributed by atoms with Crippen LogP contribution >= 0.6 is 11.6 Å². The van der Waals surface area contributed by atoms with Crippen LogP contribution in [0.4, 0.5) is 5.69 Å². The quantitative estimate of drug-likeness (QED) is 0.713. The van der Waals surface area contributed by atoms with Gasteiger partial charge in [-0.2, -0.15) is 4.31 Å². The Bertz CT molecular complexity index is 1130. The van der Waals surface area contributed by atoms with Gasteiger partial charge in [0.15, 0.2) is 6.10 Å². The molecule has 4 rings (SSSR count). The Kier molecular flexibility index (Phi) is 6.41. The Morgan fingerprint density at radius 1 is 1.12 bits per heavy atom. The second kappa shape index (κ2) is 9.09. The second-order valence-electron chi connectivity index (χ2n) is 7.75. The molecule has 0 bridgehead atoms. The van der Waals surface area contributed by atoms with E-state index < -0.39 is 16.1 Å². The van der Waals surface area contributed by atoms with Gasteiger partial charge in [-0.05, 0) is 42.3 Å². The fraction of sp³-hybridized carbons (Fsp3) is 0.364. The van der Waals surface area contributed by atoms with Crippen LogP contribution in [0.5, 0.6) is 5.75 Å². The molecular formula is C22H24ClN3O5S. The lowest BCUT2D eigenvalue weighted by Gasteiger charge is -2.34. The highest BCUT2D eigenvalue weighted by molar-refractivity contribution is 7.89. The van der Waals surface area contributed by atoms with Crippen molar-refractivity contribution in [2.75, 3.05) is 31.5 Å². The fourth-order valence-corrected chi connectivity index (χ4v) is 5.35. The van der Waals surface area contributed by atoms with Gasteiger partial charge in [-0.25, -0.2) is 8.42 Å². The lowest BCUT2D eigenvalue weighted by Crippen LogP contribution is -2.50. The number of ether oxygens (including phenoxy) is 1. The summed E-state index contributed by atoms with van der Waals surface area (Å²) in [4.78, 5) is 26.4. The van der Waals surface area contributed by atoms with Gasteiger partial charge in [0.05, 0.1) is 17.0 Å². The van der Waals surface area contributed by atoms with Crippen LogP contribution in [0.3, 0.4) is 0 Å². The molecule has 2 amide bonds. The first-order valence-corrected chi connectivity index (χ1v) is 12.2. The maximum absolute atomic E-state index is 13.1. The predicted octanol–water partition coefficient (Wildman–Crippen LogP) is 2.53. The zero-order valence-electron chi connectivity index (χ0n) is 17.6. The van der Waals surface area contributed by atoms with Gasteiger partial charge in [0.25, 0.3) is 5.91 Å². The molecule has 0 spiro atoms. The van der Waals surface area contributed by atoms with E-state index in [1.165, 1.54) is 16.4 Å². The molecule has 0 aromatic heterocycles. The molecule has 2 aromatic carbocycles. The van der Waals surface area contributed by atoms with Crippen molar-refractivity contribution in [3.8, 4) is 5.75 Å². The summed E-state index contributed by atoms with van der Waals surface area (Å²) in [7, 11) is -3.77. The van der Waals surface area contributed by atoms with Gasteiger partial charge < -0.3 is 15.0 Å². The maximum Gasteiger partial charge on any atom is 0.265 e. The van der Waals surface area contributed by atoms with Crippen LogP contribution in [0, 0.1) is 0 Å². The SMILES string of the molecule is CC[C@@H]1Oc2ccc(S(=O)(=O)N3CCN(C(=O)Cc4ccc(Cl)cc4)CC3)cc2NC1=O. The average Bonchev–Trinajstić information content (AvgIpc) is 2.79. The van der Waals surface area contributed by atoms with Gasteiger partial charge in [0, 0.05) is 31.2 Å². The zero-order valence-corrected chi connectivity index (χ0v) is 19.2. The van der Waals surface area contributed by atoms with Gasteiger partial charge in [0.1, 0.15) is 5.75 Å². The van der Waals surface area contributed by atoms with Gasteiger partial charge >= 0.3 is 0 Å². The molecule has 2 heterocycles. The summed E-state index contributed by atoms with van der Waals surface area (Å²) in [5.41, 5.74) is 1.20. The molecule has 0 aliphatic carbocycles. The highest BCUT2D eigenvalue weighted by Gasteiger charge is 2.32. The summed E-state index contributed by atoms with van der Waals surface area (Å²) >= 11 is 5.88. The Morgan fingerprint density at radius 2 is 1.81 bits per heavy atom. The number of nitrogens with zero attached hydrogens (tertiary/aromatic N) is 2. The molecule has 0 saturated carbocycles. The number of nitrogens with one attached hydrogen (secondary N) is 1. The molecule has 170 valence electrons. The minimum Gasteiger partial charge on any atom is -0.478 e. The van der Waals surface area contributed by atoms with E-state index in [1.807, 2.05) is 19.1 Å². The van der Waals surface area contributed by atoms with E-state index in [9.17, 15) is 18.0 Å². The van der Waals surface area contributed by atoms with Gasteiger partial charge in [0.2, 0.25) is 15.9 Å². The van der Waals surface area contributed by atoms with Crippen LogP contribution < -0.4 is 10.1 Å². The lowest BCUT2D eigenvalue weighted by atomic mass is 10.1. The number of hydrogen-bond acceptors (Lipinski definition) is 5. The number of piperazine rings is 1. The van der Waals surface area contributed by atoms with Gasteiger partial charge in [-0.1, -0.05) is 30.7 Å². The van der Waals surface area contributed by atoms with Crippen molar-refractivity contribution in [2.45, 2.75) is 30.8 Å². The van der Waals surface area contributed by atoms with Crippen LogP contribution in [0.25, 0.3) is 0 Å². The van der Waals surface area contributed by atoms with E-state index in [-0.39, 0.29) is 36.2 Å². The molecule has 1 N–H and O–H groups in total. The minimum absolute atomic E-state index is 0.0523. The third-order valence-electron chi connectivity index (χ3n) is 5.64. The van der Waals surface area contributed by atoms with Crippen molar-refractivity contribution < 1.29 is 22.7 Å². The number of carbonyl (C=O) groups is 2. The Labute approximate surface area is 192 Å². The van der Waals surface area contributed by atoms with Crippen LogP contribution in [0.2, 0.25) is 5.02 Å². The lowest BCUT2D eigenvalue weighted by molar-refractivity contribution is -0.131. The first-order valence-electron chi connectivity index (χ1n) is 10.4. The highest BCUT2D eigenvalue weighted by Crippen LogP contribution is 2.33. The highest BCUT2D eigenvalue weighted by atomic mass is 35.5. The number of halogens is 1. The number of rotatable bonds is 5. The number of amides is 2. The monoisotopic (exact) mass is 477 g/mol. The van der Waals surface area contributed by atoms with Gasteiger partial charge in [-0.3, -0.25) is 9.59 Å². The number of hydrogen-bond donors (Lipinski definition) is 1. The topological polar surface area (TPSA) is 96.0 Å². The minimum atomic E-state index is -3.77. The van der Waals surface area contributed by atoms with E-state index in [2.05, 4.69) is 5.32 Å². The van der Waals surface area contributed by atoms with Crippen molar-refractivity contribution in [1.29, 1.82) is 0 Å². The first-order chi connectivity index (χ1) is 15.3. The summed E-state index contributed by atoms with van der Waals surface area (Å²) in [6, 6.07) is 11.6. The second-order valence-corrected chi connectivity index (χ2v) is 10.1. The fourth-order valence-electron chi connectivity index (χ4n) is 3.77. The number of benzene rings is 2. The molecule has 1 saturated heterocycles.